The van der Waals surface area contributed by atoms with Crippen LogP contribution in [0, 0.1) is 12.7 Å². The van der Waals surface area contributed by atoms with Crippen LogP contribution in [0.2, 0.25) is 0 Å². The highest BCUT2D eigenvalue weighted by Gasteiger charge is 2.43. The molecule has 1 aromatic heterocycles. The molecule has 1 aromatic carbocycles. The first-order chi connectivity index (χ1) is 12.5. The van der Waals surface area contributed by atoms with Crippen molar-refractivity contribution in [2.24, 2.45) is 0 Å². The van der Waals surface area contributed by atoms with Gasteiger partial charge in [0.15, 0.2) is 0 Å². The van der Waals surface area contributed by atoms with Gasteiger partial charge in [0.1, 0.15) is 12.4 Å². The Bertz CT molecular complexity index is 809. The zero-order valence-corrected chi connectivity index (χ0v) is 15.7. The number of aryl methyl sites for hydroxylation is 1. The number of hydrogen-bond donors (Lipinski definition) is 0. The van der Waals surface area contributed by atoms with Gasteiger partial charge in [-0.2, -0.15) is 0 Å². The molecule has 4 nitrogen and oxygen atoms in total. The molecule has 0 bridgehead atoms. The molecule has 2 aliphatic heterocycles. The Morgan fingerprint density at radius 2 is 2.19 bits per heavy atom. The predicted molar refractivity (Wildman–Crippen MR) is 101 cm³/mol. The van der Waals surface area contributed by atoms with Crippen LogP contribution >= 0.6 is 11.3 Å². The van der Waals surface area contributed by atoms with Gasteiger partial charge >= 0.3 is 0 Å². The number of ether oxygens (including phenoxy) is 1. The van der Waals surface area contributed by atoms with Gasteiger partial charge in [-0.1, -0.05) is 6.07 Å². The Morgan fingerprint density at radius 3 is 2.96 bits per heavy atom. The van der Waals surface area contributed by atoms with E-state index in [1.807, 2.05) is 0 Å². The molecule has 2 saturated heterocycles. The van der Waals surface area contributed by atoms with Crippen LogP contribution in [0.4, 0.5) is 10.1 Å². The normalized spacial score (nSPS) is 24.4. The minimum absolute atomic E-state index is 0.0579. The lowest BCUT2D eigenvalue weighted by Crippen LogP contribution is -2.61. The largest absolute Gasteiger partial charge is 0.362 e. The molecule has 0 saturated carbocycles. The number of hydrogen-bond acceptors (Lipinski definition) is 4. The van der Waals surface area contributed by atoms with Gasteiger partial charge in [0.2, 0.25) is 0 Å². The Kier molecular flexibility index (Phi) is 4.82. The molecule has 3 heterocycles. The average molecular weight is 374 g/mol. The molecule has 0 aliphatic carbocycles. The minimum Gasteiger partial charge on any atom is -0.362 e. The van der Waals surface area contributed by atoms with E-state index in [1.54, 1.807) is 28.4 Å². The van der Waals surface area contributed by atoms with Crippen LogP contribution in [0.15, 0.2) is 35.7 Å². The third-order valence-corrected chi connectivity index (χ3v) is 6.33. The fourth-order valence-corrected chi connectivity index (χ4v) is 4.88. The van der Waals surface area contributed by atoms with E-state index in [1.165, 1.54) is 22.6 Å². The van der Waals surface area contributed by atoms with Crippen LogP contribution in [0.25, 0.3) is 0 Å². The van der Waals surface area contributed by atoms with E-state index in [9.17, 15) is 9.18 Å². The molecule has 1 atom stereocenters. The molecule has 0 radical (unpaired) electrons. The first kappa shape index (κ1) is 17.6. The number of halogens is 1. The van der Waals surface area contributed by atoms with Crippen molar-refractivity contribution in [2.45, 2.75) is 31.9 Å². The summed E-state index contributed by atoms with van der Waals surface area (Å²) in [5, 5.41) is 2.13. The number of likely N-dealkylation sites (tertiary alicyclic amines) is 1. The maximum atomic E-state index is 13.6. The van der Waals surface area contributed by atoms with Crippen molar-refractivity contribution in [3.63, 3.8) is 0 Å². The van der Waals surface area contributed by atoms with Crippen molar-refractivity contribution in [1.82, 2.24) is 4.90 Å². The van der Waals surface area contributed by atoms with E-state index < -0.39 is 0 Å². The number of nitrogens with zero attached hydrogens (tertiary/aromatic N) is 2. The molecule has 0 N–H and O–H groups in total. The molecule has 2 fully saturated rings. The third kappa shape index (κ3) is 3.54. The number of rotatable bonds is 3. The maximum Gasteiger partial charge on any atom is 0.253 e. The SMILES string of the molecule is Cc1ccsc1CN1CCCC2(C1)CN(c1cccc(F)c1)C(=O)CO2. The Labute approximate surface area is 157 Å². The summed E-state index contributed by atoms with van der Waals surface area (Å²) in [6, 6.07) is 8.41. The van der Waals surface area contributed by atoms with E-state index >= 15 is 0 Å². The second kappa shape index (κ2) is 7.10. The minimum atomic E-state index is -0.371. The van der Waals surface area contributed by atoms with Crippen LogP contribution in [0.1, 0.15) is 23.3 Å². The molecule has 1 unspecified atom stereocenters. The van der Waals surface area contributed by atoms with Crippen molar-refractivity contribution in [3.05, 3.63) is 52.0 Å². The summed E-state index contributed by atoms with van der Waals surface area (Å²) in [7, 11) is 0. The third-order valence-electron chi connectivity index (χ3n) is 5.32. The van der Waals surface area contributed by atoms with Crippen molar-refractivity contribution in [3.8, 4) is 0 Å². The van der Waals surface area contributed by atoms with Gasteiger partial charge in [0, 0.05) is 23.7 Å². The first-order valence-electron chi connectivity index (χ1n) is 9.00. The summed E-state index contributed by atoms with van der Waals surface area (Å²) in [5.41, 5.74) is 1.57. The van der Waals surface area contributed by atoms with Gasteiger partial charge in [-0.05, 0) is 61.5 Å². The van der Waals surface area contributed by atoms with Crippen molar-refractivity contribution in [2.75, 3.05) is 31.1 Å². The monoisotopic (exact) mass is 374 g/mol. The van der Waals surface area contributed by atoms with Gasteiger partial charge in [-0.15, -0.1) is 11.3 Å². The number of morpholine rings is 1. The van der Waals surface area contributed by atoms with Gasteiger partial charge in [0.25, 0.3) is 5.91 Å². The number of thiophene rings is 1. The fraction of sp³-hybridized carbons (Fsp3) is 0.450. The fourth-order valence-electron chi connectivity index (χ4n) is 3.94. The van der Waals surface area contributed by atoms with Crippen molar-refractivity contribution in [1.29, 1.82) is 0 Å². The lowest BCUT2D eigenvalue weighted by Gasteiger charge is -2.47. The number of anilines is 1. The lowest BCUT2D eigenvalue weighted by atomic mass is 9.90. The Morgan fingerprint density at radius 1 is 1.31 bits per heavy atom. The van der Waals surface area contributed by atoms with Gasteiger partial charge < -0.3 is 9.64 Å². The van der Waals surface area contributed by atoms with Gasteiger partial charge in [0.05, 0.1) is 12.1 Å². The van der Waals surface area contributed by atoms with Crippen LogP contribution in [-0.2, 0) is 16.1 Å². The molecule has 26 heavy (non-hydrogen) atoms. The molecule has 6 heteroatoms. The molecule has 1 spiro atoms. The Balaban J connectivity index is 1.52. The maximum absolute atomic E-state index is 13.6. The highest BCUT2D eigenvalue weighted by atomic mass is 32.1. The van der Waals surface area contributed by atoms with E-state index in [2.05, 4.69) is 23.3 Å². The summed E-state index contributed by atoms with van der Waals surface area (Å²) in [6.07, 6.45) is 1.96. The summed E-state index contributed by atoms with van der Waals surface area (Å²) >= 11 is 1.79. The summed E-state index contributed by atoms with van der Waals surface area (Å²) in [6.45, 7) is 5.44. The standard InChI is InChI=1S/C20H23FN2O2S/c1-15-6-9-26-18(15)11-22-8-3-7-20(13-22)14-23(19(24)12-25-20)17-5-2-4-16(21)10-17/h2,4-6,9-10H,3,7-8,11-14H2,1H3. The molecule has 2 aromatic rings. The topological polar surface area (TPSA) is 32.8 Å². The summed E-state index contributed by atoms with van der Waals surface area (Å²) < 4.78 is 19.7. The van der Waals surface area contributed by atoms with Crippen LogP contribution in [0.3, 0.4) is 0 Å². The van der Waals surface area contributed by atoms with Crippen LogP contribution in [0.5, 0.6) is 0 Å². The average Bonchev–Trinajstić information content (AvgIpc) is 3.02. The van der Waals surface area contributed by atoms with E-state index in [4.69, 9.17) is 4.74 Å². The molecule has 2 aliphatic rings. The second-order valence-electron chi connectivity index (χ2n) is 7.27. The van der Waals surface area contributed by atoms with E-state index in [-0.39, 0.29) is 23.9 Å². The summed E-state index contributed by atoms with van der Waals surface area (Å²) in [4.78, 5) is 17.9. The molecule has 1 amide bonds. The highest BCUT2D eigenvalue weighted by molar-refractivity contribution is 7.10. The highest BCUT2D eigenvalue weighted by Crippen LogP contribution is 2.33. The summed E-state index contributed by atoms with van der Waals surface area (Å²) in [5.74, 6) is -0.429. The van der Waals surface area contributed by atoms with Crippen molar-refractivity contribution < 1.29 is 13.9 Å². The molecular weight excluding hydrogens is 351 g/mol. The molecule has 138 valence electrons. The molecular formula is C20H23FN2O2S. The second-order valence-corrected chi connectivity index (χ2v) is 8.27. The quantitative estimate of drug-likeness (QED) is 0.823. The van der Waals surface area contributed by atoms with Gasteiger partial charge in [-0.3, -0.25) is 9.69 Å². The zero-order chi connectivity index (χ0) is 18.1. The first-order valence-corrected chi connectivity index (χ1v) is 9.88. The van der Waals surface area contributed by atoms with Crippen LogP contribution in [-0.4, -0.2) is 42.6 Å². The lowest BCUT2D eigenvalue weighted by molar-refractivity contribution is -0.146. The number of amides is 1. The predicted octanol–water partition coefficient (Wildman–Crippen LogP) is 3.59. The number of piperidine rings is 1. The number of benzene rings is 1. The smallest absolute Gasteiger partial charge is 0.253 e. The zero-order valence-electron chi connectivity index (χ0n) is 14.9. The number of carbonyl (C=O) groups is 1. The van der Waals surface area contributed by atoms with Gasteiger partial charge in [-0.25, -0.2) is 4.39 Å². The number of carbonyl (C=O) groups excluding carboxylic acids is 1. The van der Waals surface area contributed by atoms with Crippen molar-refractivity contribution >= 4 is 22.9 Å². The van der Waals surface area contributed by atoms with E-state index in [0.717, 1.165) is 32.5 Å². The molecule has 4 rings (SSSR count). The Hall–Kier alpha value is -1.76. The van der Waals surface area contributed by atoms with Crippen LogP contribution < -0.4 is 4.90 Å². The van der Waals surface area contributed by atoms with E-state index in [0.29, 0.717) is 12.2 Å².